The molecule has 0 aliphatic carbocycles. The fourth-order valence-electron chi connectivity index (χ4n) is 3.35. The van der Waals surface area contributed by atoms with Gasteiger partial charge in [0.15, 0.2) is 6.61 Å². The number of esters is 1. The van der Waals surface area contributed by atoms with Crippen LogP contribution in [0.3, 0.4) is 0 Å². The summed E-state index contributed by atoms with van der Waals surface area (Å²) in [5, 5.41) is 11.6. The summed E-state index contributed by atoms with van der Waals surface area (Å²) in [6.07, 6.45) is -0.498. The van der Waals surface area contributed by atoms with Gasteiger partial charge in [-0.1, -0.05) is 17.7 Å². The third-order valence-corrected chi connectivity index (χ3v) is 6.94. The highest BCUT2D eigenvalue weighted by Crippen LogP contribution is 2.23. The Hall–Kier alpha value is -2.97. The molecule has 2 aromatic rings. The highest BCUT2D eigenvalue weighted by atomic mass is 35.5. The maximum absolute atomic E-state index is 13.0. The molecule has 33 heavy (non-hydrogen) atoms. The number of nitrogens with one attached hydrogen (secondary N) is 1. The van der Waals surface area contributed by atoms with Crippen LogP contribution in [0.1, 0.15) is 29.8 Å². The Kier molecular flexibility index (Phi) is 7.71. The normalized spacial score (nSPS) is 18.8. The number of nitrogens with zero attached hydrogens (tertiary/aromatic N) is 2. The summed E-state index contributed by atoms with van der Waals surface area (Å²) in [4.78, 5) is 24.5. The van der Waals surface area contributed by atoms with Crippen molar-refractivity contribution in [1.29, 1.82) is 5.26 Å². The number of nitriles is 1. The largest absolute Gasteiger partial charge is 0.452 e. The van der Waals surface area contributed by atoms with Crippen LogP contribution in [0.25, 0.3) is 0 Å². The number of amides is 1. The predicted octanol–water partition coefficient (Wildman–Crippen LogP) is 2.81. The van der Waals surface area contributed by atoms with Gasteiger partial charge in [0.1, 0.15) is 6.07 Å². The van der Waals surface area contributed by atoms with E-state index in [0.717, 1.165) is 0 Å². The highest BCUT2D eigenvalue weighted by Gasteiger charge is 2.32. The number of ether oxygens (including phenoxy) is 2. The van der Waals surface area contributed by atoms with E-state index in [2.05, 4.69) is 5.32 Å². The molecule has 1 aliphatic heterocycles. The second-order valence-corrected chi connectivity index (χ2v) is 9.88. The molecule has 174 valence electrons. The lowest BCUT2D eigenvalue weighted by atomic mass is 10.2. The highest BCUT2D eigenvalue weighted by molar-refractivity contribution is 7.89. The fraction of sp³-hybridized carbons (Fsp3) is 0.318. The van der Waals surface area contributed by atoms with Crippen molar-refractivity contribution in [3.8, 4) is 6.07 Å². The van der Waals surface area contributed by atoms with Crippen LogP contribution in [0, 0.1) is 11.3 Å². The first-order valence-electron chi connectivity index (χ1n) is 10.0. The number of hydrogen-bond acceptors (Lipinski definition) is 7. The van der Waals surface area contributed by atoms with E-state index < -0.39 is 28.5 Å². The topological polar surface area (TPSA) is 126 Å². The minimum absolute atomic E-state index is 0.000325. The molecular formula is C22H22ClN3O6S. The monoisotopic (exact) mass is 491 g/mol. The van der Waals surface area contributed by atoms with Crippen LogP contribution in [0.2, 0.25) is 5.02 Å². The first-order chi connectivity index (χ1) is 15.6. The Bertz CT molecular complexity index is 1200. The number of sulfonamides is 1. The average molecular weight is 492 g/mol. The zero-order chi connectivity index (χ0) is 24.2. The van der Waals surface area contributed by atoms with Gasteiger partial charge in [0.25, 0.3) is 5.91 Å². The minimum Gasteiger partial charge on any atom is -0.452 e. The van der Waals surface area contributed by atoms with Gasteiger partial charge >= 0.3 is 5.97 Å². The SMILES string of the molecule is CC1CN(S(=O)(=O)c2cccc(C(=O)OCC(=O)Nc3ccc(C#N)c(Cl)c3)c2)CC(C)O1. The molecule has 9 nitrogen and oxygen atoms in total. The number of hydrogen-bond donors (Lipinski definition) is 1. The molecule has 1 N–H and O–H groups in total. The summed E-state index contributed by atoms with van der Waals surface area (Å²) < 4.78 is 38.0. The summed E-state index contributed by atoms with van der Waals surface area (Å²) in [7, 11) is -3.83. The van der Waals surface area contributed by atoms with Gasteiger partial charge in [-0.15, -0.1) is 0 Å². The van der Waals surface area contributed by atoms with Gasteiger partial charge in [-0.05, 0) is 50.2 Å². The molecule has 0 bridgehead atoms. The summed E-state index contributed by atoms with van der Waals surface area (Å²) in [6, 6.07) is 11.7. The van der Waals surface area contributed by atoms with Gasteiger partial charge in [-0.2, -0.15) is 9.57 Å². The van der Waals surface area contributed by atoms with Crippen LogP contribution in [0.5, 0.6) is 0 Å². The van der Waals surface area contributed by atoms with Gasteiger partial charge < -0.3 is 14.8 Å². The van der Waals surface area contributed by atoms with Crippen LogP contribution in [0.15, 0.2) is 47.4 Å². The number of halogens is 1. The van der Waals surface area contributed by atoms with E-state index in [1.165, 1.54) is 46.8 Å². The van der Waals surface area contributed by atoms with Crippen LogP contribution in [-0.4, -0.2) is 56.5 Å². The summed E-state index contributed by atoms with van der Waals surface area (Å²) in [5.41, 5.74) is 0.596. The number of rotatable bonds is 6. The van der Waals surface area contributed by atoms with E-state index >= 15 is 0 Å². The van der Waals surface area contributed by atoms with Gasteiger partial charge in [-0.25, -0.2) is 13.2 Å². The van der Waals surface area contributed by atoms with E-state index in [0.29, 0.717) is 5.69 Å². The molecule has 2 aromatic carbocycles. The number of anilines is 1. The first-order valence-corrected chi connectivity index (χ1v) is 11.8. The average Bonchev–Trinajstić information content (AvgIpc) is 2.77. The maximum atomic E-state index is 13.0. The van der Waals surface area contributed by atoms with E-state index in [9.17, 15) is 18.0 Å². The van der Waals surface area contributed by atoms with E-state index in [1.54, 1.807) is 13.8 Å². The molecule has 11 heteroatoms. The number of morpholine rings is 1. The van der Waals surface area contributed by atoms with Gasteiger partial charge in [-0.3, -0.25) is 4.79 Å². The second kappa shape index (κ2) is 10.3. The first kappa shape index (κ1) is 24.7. The zero-order valence-corrected chi connectivity index (χ0v) is 19.5. The van der Waals surface area contributed by atoms with Crippen LogP contribution in [0.4, 0.5) is 5.69 Å². The van der Waals surface area contributed by atoms with Crippen molar-refractivity contribution in [3.63, 3.8) is 0 Å². The molecule has 1 heterocycles. The van der Waals surface area contributed by atoms with Crippen molar-refractivity contribution in [2.75, 3.05) is 25.0 Å². The van der Waals surface area contributed by atoms with E-state index in [1.807, 2.05) is 6.07 Å². The smallest absolute Gasteiger partial charge is 0.338 e. The van der Waals surface area contributed by atoms with Gasteiger partial charge in [0, 0.05) is 18.8 Å². The lowest BCUT2D eigenvalue weighted by molar-refractivity contribution is -0.119. The molecule has 1 fully saturated rings. The minimum atomic E-state index is -3.83. The molecule has 1 saturated heterocycles. The third kappa shape index (κ3) is 6.09. The number of benzene rings is 2. The van der Waals surface area contributed by atoms with Crippen molar-refractivity contribution >= 4 is 39.2 Å². The molecule has 2 unspecified atom stereocenters. The van der Waals surface area contributed by atoms with E-state index in [4.69, 9.17) is 26.3 Å². The standard InChI is InChI=1S/C22H22ClN3O6S/c1-14-11-26(12-15(2)32-14)33(29,30)19-5-3-4-16(8-19)22(28)31-13-21(27)25-18-7-6-17(10-24)20(23)9-18/h3-9,14-15H,11-13H2,1-2H3,(H,25,27). The lowest BCUT2D eigenvalue weighted by Gasteiger charge is -2.34. The van der Waals surface area contributed by atoms with Crippen molar-refractivity contribution in [2.45, 2.75) is 31.0 Å². The third-order valence-electron chi connectivity index (χ3n) is 4.80. The predicted molar refractivity (Wildman–Crippen MR) is 120 cm³/mol. The van der Waals surface area contributed by atoms with Gasteiger partial charge in [0.05, 0.1) is 33.3 Å². The molecule has 0 aromatic heterocycles. The Labute approximate surface area is 196 Å². The van der Waals surface area contributed by atoms with Crippen molar-refractivity contribution in [2.24, 2.45) is 0 Å². The molecule has 1 amide bonds. The van der Waals surface area contributed by atoms with Crippen LogP contribution < -0.4 is 5.32 Å². The molecule has 0 saturated carbocycles. The Balaban J connectivity index is 1.64. The van der Waals surface area contributed by atoms with Crippen molar-refractivity contribution < 1.29 is 27.5 Å². The molecule has 0 radical (unpaired) electrons. The van der Waals surface area contributed by atoms with Crippen LogP contribution in [-0.2, 0) is 24.3 Å². The number of carbonyl (C=O) groups excluding carboxylic acids is 2. The molecule has 0 spiro atoms. The molecule has 3 rings (SSSR count). The van der Waals surface area contributed by atoms with Gasteiger partial charge in [0.2, 0.25) is 10.0 Å². The second-order valence-electron chi connectivity index (χ2n) is 7.54. The van der Waals surface area contributed by atoms with Crippen LogP contribution >= 0.6 is 11.6 Å². The zero-order valence-electron chi connectivity index (χ0n) is 17.9. The summed E-state index contributed by atoms with van der Waals surface area (Å²) in [6.45, 7) is 3.42. The summed E-state index contributed by atoms with van der Waals surface area (Å²) >= 11 is 5.93. The van der Waals surface area contributed by atoms with E-state index in [-0.39, 0.29) is 46.3 Å². The lowest BCUT2D eigenvalue weighted by Crippen LogP contribution is -2.48. The quantitative estimate of drug-likeness (QED) is 0.615. The molecular weight excluding hydrogens is 470 g/mol. The molecule has 1 aliphatic rings. The maximum Gasteiger partial charge on any atom is 0.338 e. The summed E-state index contributed by atoms with van der Waals surface area (Å²) in [5.74, 6) is -1.46. The van der Waals surface area contributed by atoms with Crippen molar-refractivity contribution in [3.05, 3.63) is 58.6 Å². The molecule has 2 atom stereocenters. The number of carbonyl (C=O) groups is 2. The van der Waals surface area contributed by atoms with Crippen molar-refractivity contribution in [1.82, 2.24) is 4.31 Å². The fourth-order valence-corrected chi connectivity index (χ4v) is 5.21. The Morgan fingerprint density at radius 1 is 1.21 bits per heavy atom. The Morgan fingerprint density at radius 2 is 1.91 bits per heavy atom. The Morgan fingerprint density at radius 3 is 2.55 bits per heavy atom.